The molecule has 5 aromatic rings. The van der Waals surface area contributed by atoms with Gasteiger partial charge in [0.25, 0.3) is 0 Å². The SMILES string of the molecule is CN(Cc1ccccc1)c1cc(-c2cn(CCN3CCOCC3)c3ncccc23)nc2c(C(=O)O)cnn12. The zero-order valence-electron chi connectivity index (χ0n) is 21.2. The van der Waals surface area contributed by atoms with E-state index in [1.165, 1.54) is 6.20 Å². The van der Waals surface area contributed by atoms with Gasteiger partial charge in [0.05, 0.1) is 25.1 Å². The van der Waals surface area contributed by atoms with Gasteiger partial charge < -0.3 is 19.3 Å². The summed E-state index contributed by atoms with van der Waals surface area (Å²) >= 11 is 0. The van der Waals surface area contributed by atoms with Crippen LogP contribution in [0.25, 0.3) is 27.9 Å². The number of hydrogen-bond acceptors (Lipinski definition) is 7. The number of aromatic nitrogens is 5. The molecule has 10 heteroatoms. The number of morpholine rings is 1. The van der Waals surface area contributed by atoms with Crippen molar-refractivity contribution < 1.29 is 14.6 Å². The number of fused-ring (bicyclic) bond motifs is 2. The molecule has 1 aliphatic rings. The summed E-state index contributed by atoms with van der Waals surface area (Å²) in [6.45, 7) is 5.68. The minimum atomic E-state index is -1.06. The van der Waals surface area contributed by atoms with Crippen molar-refractivity contribution in [3.05, 3.63) is 78.2 Å². The van der Waals surface area contributed by atoms with Gasteiger partial charge in [-0.25, -0.2) is 14.8 Å². The average Bonchev–Trinajstić information content (AvgIpc) is 3.54. The molecule has 0 spiro atoms. The van der Waals surface area contributed by atoms with Gasteiger partial charge in [0, 0.05) is 69.2 Å². The first-order chi connectivity index (χ1) is 18.6. The highest BCUT2D eigenvalue weighted by Gasteiger charge is 2.21. The second kappa shape index (κ2) is 10.2. The van der Waals surface area contributed by atoms with Gasteiger partial charge in [-0.15, -0.1) is 0 Å². The van der Waals surface area contributed by atoms with E-state index in [4.69, 9.17) is 9.72 Å². The molecule has 0 unspecified atom stereocenters. The Morgan fingerprint density at radius 2 is 1.89 bits per heavy atom. The van der Waals surface area contributed by atoms with Crippen LogP contribution in [0.2, 0.25) is 0 Å². The summed E-state index contributed by atoms with van der Waals surface area (Å²) in [6, 6.07) is 16.1. The number of carboxylic acid groups (broad SMARTS) is 1. The quantitative estimate of drug-likeness (QED) is 0.338. The minimum Gasteiger partial charge on any atom is -0.477 e. The molecule has 38 heavy (non-hydrogen) atoms. The fraction of sp³-hybridized carbons (Fsp3) is 0.286. The third-order valence-corrected chi connectivity index (χ3v) is 7.01. The predicted octanol–water partition coefficient (Wildman–Crippen LogP) is 3.41. The molecule has 0 atom stereocenters. The largest absolute Gasteiger partial charge is 0.477 e. The Kier molecular flexibility index (Phi) is 6.48. The standard InChI is InChI=1S/C28H29N7O3/c1-32(18-20-6-3-2-4-7-20)25-16-24(31-27-22(28(36)37)17-30-35(25)27)23-19-34(26-21(23)8-5-9-29-26)11-10-33-12-14-38-15-13-33/h2-9,16-17,19H,10-15,18H2,1H3,(H,36,37). The first kappa shape index (κ1) is 24.1. The number of nitrogens with zero attached hydrogens (tertiary/aromatic N) is 7. The summed E-state index contributed by atoms with van der Waals surface area (Å²) in [4.78, 5) is 26.0. The van der Waals surface area contributed by atoms with E-state index in [1.807, 2.05) is 43.4 Å². The van der Waals surface area contributed by atoms with E-state index in [-0.39, 0.29) is 5.56 Å². The average molecular weight is 512 g/mol. The lowest BCUT2D eigenvalue weighted by Gasteiger charge is -2.26. The normalized spacial score (nSPS) is 14.3. The van der Waals surface area contributed by atoms with E-state index >= 15 is 0 Å². The Labute approximate surface area is 219 Å². The molecule has 1 saturated heterocycles. The van der Waals surface area contributed by atoms with Crippen LogP contribution in [0.1, 0.15) is 15.9 Å². The highest BCUT2D eigenvalue weighted by molar-refractivity contribution is 5.97. The Morgan fingerprint density at radius 3 is 2.68 bits per heavy atom. The molecule has 194 valence electrons. The topological polar surface area (TPSA) is 101 Å². The summed E-state index contributed by atoms with van der Waals surface area (Å²) in [7, 11) is 1.97. The molecule has 1 aliphatic heterocycles. The van der Waals surface area contributed by atoms with Crippen LogP contribution in [-0.4, -0.2) is 80.0 Å². The lowest BCUT2D eigenvalue weighted by Crippen LogP contribution is -2.38. The summed E-state index contributed by atoms with van der Waals surface area (Å²) in [5.74, 6) is -0.310. The molecular formula is C28H29N7O3. The highest BCUT2D eigenvalue weighted by Crippen LogP contribution is 2.32. The molecule has 10 nitrogen and oxygen atoms in total. The molecule has 5 heterocycles. The lowest BCUT2D eigenvalue weighted by atomic mass is 10.1. The monoisotopic (exact) mass is 511 g/mol. The summed E-state index contributed by atoms with van der Waals surface area (Å²) in [5, 5.41) is 15.2. The molecular weight excluding hydrogens is 482 g/mol. The van der Waals surface area contributed by atoms with Crippen molar-refractivity contribution in [3.63, 3.8) is 0 Å². The van der Waals surface area contributed by atoms with Gasteiger partial charge in [-0.05, 0) is 17.7 Å². The molecule has 4 aromatic heterocycles. The fourth-order valence-corrected chi connectivity index (χ4v) is 5.02. The minimum absolute atomic E-state index is 0.0652. The molecule has 1 N–H and O–H groups in total. The van der Waals surface area contributed by atoms with Crippen molar-refractivity contribution in [1.29, 1.82) is 0 Å². The van der Waals surface area contributed by atoms with Crippen molar-refractivity contribution in [1.82, 2.24) is 29.0 Å². The number of anilines is 1. The summed E-state index contributed by atoms with van der Waals surface area (Å²) in [6.07, 6.45) is 5.24. The van der Waals surface area contributed by atoms with Crippen molar-refractivity contribution in [2.75, 3.05) is 44.8 Å². The zero-order valence-corrected chi connectivity index (χ0v) is 21.2. The Balaban J connectivity index is 1.44. The van der Waals surface area contributed by atoms with Gasteiger partial charge in [0.1, 0.15) is 17.0 Å². The van der Waals surface area contributed by atoms with Crippen molar-refractivity contribution in [3.8, 4) is 11.3 Å². The molecule has 0 amide bonds. The van der Waals surface area contributed by atoms with Crippen LogP contribution in [0.4, 0.5) is 5.82 Å². The van der Waals surface area contributed by atoms with E-state index in [0.29, 0.717) is 17.9 Å². The molecule has 1 fully saturated rings. The number of ether oxygens (including phenoxy) is 1. The van der Waals surface area contributed by atoms with E-state index in [0.717, 1.165) is 67.4 Å². The number of carboxylic acids is 1. The number of rotatable bonds is 8. The third kappa shape index (κ3) is 4.59. The van der Waals surface area contributed by atoms with Crippen molar-refractivity contribution in [2.24, 2.45) is 0 Å². The van der Waals surface area contributed by atoms with Gasteiger partial charge in [0.15, 0.2) is 5.65 Å². The summed E-state index contributed by atoms with van der Waals surface area (Å²) < 4.78 is 9.25. The van der Waals surface area contributed by atoms with Crippen LogP contribution in [0, 0.1) is 0 Å². The zero-order chi connectivity index (χ0) is 26.1. The molecule has 1 aromatic carbocycles. The Morgan fingerprint density at radius 1 is 1.08 bits per heavy atom. The Hall–Kier alpha value is -4.28. The molecule has 0 bridgehead atoms. The van der Waals surface area contributed by atoms with Crippen LogP contribution in [0.5, 0.6) is 0 Å². The van der Waals surface area contributed by atoms with Gasteiger partial charge in [-0.2, -0.15) is 9.61 Å². The number of aromatic carboxylic acids is 1. The maximum Gasteiger partial charge on any atom is 0.341 e. The van der Waals surface area contributed by atoms with Crippen molar-refractivity contribution >= 4 is 28.5 Å². The van der Waals surface area contributed by atoms with E-state index in [1.54, 1.807) is 10.7 Å². The number of pyridine rings is 1. The van der Waals surface area contributed by atoms with E-state index in [9.17, 15) is 9.90 Å². The molecule has 0 aliphatic carbocycles. The van der Waals surface area contributed by atoms with Gasteiger partial charge in [-0.3, -0.25) is 4.90 Å². The van der Waals surface area contributed by atoms with Gasteiger partial charge in [0.2, 0.25) is 0 Å². The predicted molar refractivity (Wildman–Crippen MR) is 144 cm³/mol. The lowest BCUT2D eigenvalue weighted by molar-refractivity contribution is 0.0365. The first-order valence-corrected chi connectivity index (χ1v) is 12.7. The highest BCUT2D eigenvalue weighted by atomic mass is 16.5. The van der Waals surface area contributed by atoms with E-state index < -0.39 is 5.97 Å². The second-order valence-corrected chi connectivity index (χ2v) is 9.50. The van der Waals surface area contributed by atoms with Crippen LogP contribution in [-0.2, 0) is 17.8 Å². The molecule has 0 radical (unpaired) electrons. The smallest absolute Gasteiger partial charge is 0.341 e. The van der Waals surface area contributed by atoms with Crippen LogP contribution in [0.15, 0.2) is 67.1 Å². The summed E-state index contributed by atoms with van der Waals surface area (Å²) in [5.41, 5.74) is 3.97. The maximum absolute atomic E-state index is 12.0. The first-order valence-electron chi connectivity index (χ1n) is 12.7. The molecule has 0 saturated carbocycles. The fourth-order valence-electron chi connectivity index (χ4n) is 5.02. The number of benzene rings is 1. The van der Waals surface area contributed by atoms with Gasteiger partial charge in [-0.1, -0.05) is 30.3 Å². The number of carbonyl (C=O) groups is 1. The Bertz CT molecular complexity index is 1590. The third-order valence-electron chi connectivity index (χ3n) is 7.01. The maximum atomic E-state index is 12.0. The van der Waals surface area contributed by atoms with Crippen LogP contribution < -0.4 is 4.90 Å². The van der Waals surface area contributed by atoms with Crippen molar-refractivity contribution in [2.45, 2.75) is 13.1 Å². The van der Waals surface area contributed by atoms with Crippen LogP contribution in [0.3, 0.4) is 0 Å². The number of hydrogen-bond donors (Lipinski definition) is 1. The second-order valence-electron chi connectivity index (χ2n) is 9.50. The van der Waals surface area contributed by atoms with Gasteiger partial charge >= 0.3 is 5.97 Å². The molecule has 6 rings (SSSR count). The van der Waals surface area contributed by atoms with E-state index in [2.05, 4.69) is 42.8 Å². The van der Waals surface area contributed by atoms with Crippen LogP contribution >= 0.6 is 0 Å².